The van der Waals surface area contributed by atoms with Crippen LogP contribution < -0.4 is 10.6 Å². The van der Waals surface area contributed by atoms with Crippen LogP contribution >= 0.6 is 0 Å². The number of aryl methyl sites for hydroxylation is 2. The molecule has 0 aliphatic heterocycles. The van der Waals surface area contributed by atoms with Crippen LogP contribution in [0.3, 0.4) is 0 Å². The fourth-order valence-corrected chi connectivity index (χ4v) is 1.57. The number of anilines is 2. The minimum atomic E-state index is -0.268. The monoisotopic (exact) mass is 246 g/mol. The largest absolute Gasteiger partial charge is 0.387 e. The molecule has 1 aromatic heterocycles. The summed E-state index contributed by atoms with van der Waals surface area (Å²) < 4.78 is 0. The van der Waals surface area contributed by atoms with Crippen LogP contribution in [0.15, 0.2) is 18.2 Å². The quantitative estimate of drug-likeness (QED) is 0.837. The summed E-state index contributed by atoms with van der Waals surface area (Å²) in [6.07, 6.45) is 0. The first-order chi connectivity index (χ1) is 8.60. The van der Waals surface area contributed by atoms with E-state index in [1.165, 1.54) is 4.80 Å². The Labute approximate surface area is 104 Å². The average Bonchev–Trinajstić information content (AvgIpc) is 2.74. The number of carbonyl (C=O) groups excluding carboxylic acids is 1. The third-order valence-corrected chi connectivity index (χ3v) is 2.42. The molecule has 0 atom stereocenters. The normalized spacial score (nSPS) is 10.2. The Balaban J connectivity index is 2.25. The SMILES string of the molecule is CNc1ccc(C)cc1C(=O)Nc1nnn(C)n1. The number of rotatable bonds is 3. The minimum Gasteiger partial charge on any atom is -0.387 e. The van der Waals surface area contributed by atoms with Gasteiger partial charge < -0.3 is 5.32 Å². The van der Waals surface area contributed by atoms with Crippen LogP contribution in [0.4, 0.5) is 11.6 Å². The van der Waals surface area contributed by atoms with Crippen molar-refractivity contribution in [2.75, 3.05) is 17.7 Å². The molecule has 2 aromatic rings. The number of benzene rings is 1. The summed E-state index contributed by atoms with van der Waals surface area (Å²) in [5, 5.41) is 16.8. The molecule has 1 heterocycles. The maximum atomic E-state index is 12.1. The number of nitrogens with zero attached hydrogens (tertiary/aromatic N) is 4. The molecule has 1 amide bonds. The van der Waals surface area contributed by atoms with Crippen molar-refractivity contribution in [1.29, 1.82) is 0 Å². The van der Waals surface area contributed by atoms with Gasteiger partial charge in [-0.3, -0.25) is 10.1 Å². The molecule has 1 aromatic carbocycles. The predicted molar refractivity (Wildman–Crippen MR) is 67.5 cm³/mol. The van der Waals surface area contributed by atoms with E-state index in [1.807, 2.05) is 19.1 Å². The van der Waals surface area contributed by atoms with Crippen LogP contribution in [0.25, 0.3) is 0 Å². The number of hydrogen-bond donors (Lipinski definition) is 2. The van der Waals surface area contributed by atoms with E-state index in [2.05, 4.69) is 26.0 Å². The van der Waals surface area contributed by atoms with Gasteiger partial charge in [-0.25, -0.2) is 0 Å². The number of nitrogens with one attached hydrogen (secondary N) is 2. The molecule has 2 rings (SSSR count). The van der Waals surface area contributed by atoms with E-state index in [0.717, 1.165) is 11.3 Å². The van der Waals surface area contributed by atoms with Crippen LogP contribution in [-0.2, 0) is 7.05 Å². The van der Waals surface area contributed by atoms with Gasteiger partial charge in [-0.05, 0) is 24.3 Å². The summed E-state index contributed by atoms with van der Waals surface area (Å²) in [7, 11) is 3.40. The zero-order valence-electron chi connectivity index (χ0n) is 10.4. The lowest BCUT2D eigenvalue weighted by atomic mass is 10.1. The Morgan fingerprint density at radius 1 is 1.39 bits per heavy atom. The Hall–Kier alpha value is -2.44. The highest BCUT2D eigenvalue weighted by Crippen LogP contribution is 2.17. The highest BCUT2D eigenvalue weighted by Gasteiger charge is 2.13. The van der Waals surface area contributed by atoms with E-state index in [4.69, 9.17) is 0 Å². The van der Waals surface area contributed by atoms with Crippen LogP contribution in [0, 0.1) is 6.92 Å². The van der Waals surface area contributed by atoms with Gasteiger partial charge in [0.15, 0.2) is 0 Å². The number of hydrogen-bond acceptors (Lipinski definition) is 5. The van der Waals surface area contributed by atoms with Crippen LogP contribution in [0.1, 0.15) is 15.9 Å². The van der Waals surface area contributed by atoms with Gasteiger partial charge in [0.05, 0.1) is 12.6 Å². The first-order valence-electron chi connectivity index (χ1n) is 5.44. The van der Waals surface area contributed by atoms with Gasteiger partial charge >= 0.3 is 0 Å². The van der Waals surface area contributed by atoms with Crippen molar-refractivity contribution in [3.63, 3.8) is 0 Å². The Bertz CT molecular complexity index is 577. The molecular weight excluding hydrogens is 232 g/mol. The molecule has 0 aliphatic carbocycles. The van der Waals surface area contributed by atoms with Gasteiger partial charge in [0.2, 0.25) is 0 Å². The first-order valence-corrected chi connectivity index (χ1v) is 5.44. The van der Waals surface area contributed by atoms with Gasteiger partial charge in [0.1, 0.15) is 0 Å². The maximum absolute atomic E-state index is 12.1. The average molecular weight is 246 g/mol. The second kappa shape index (κ2) is 4.82. The summed E-state index contributed by atoms with van der Waals surface area (Å²) in [6, 6.07) is 5.59. The molecule has 0 aliphatic rings. The van der Waals surface area contributed by atoms with Crippen molar-refractivity contribution in [3.05, 3.63) is 29.3 Å². The molecule has 0 saturated carbocycles. The third kappa shape index (κ3) is 2.45. The highest BCUT2D eigenvalue weighted by molar-refractivity contribution is 6.07. The lowest BCUT2D eigenvalue weighted by Crippen LogP contribution is -2.15. The van der Waals surface area contributed by atoms with E-state index in [-0.39, 0.29) is 11.9 Å². The molecule has 94 valence electrons. The zero-order chi connectivity index (χ0) is 13.1. The van der Waals surface area contributed by atoms with E-state index >= 15 is 0 Å². The summed E-state index contributed by atoms with van der Waals surface area (Å²) in [5.74, 6) is -0.0814. The second-order valence-corrected chi connectivity index (χ2v) is 3.86. The van der Waals surface area contributed by atoms with Gasteiger partial charge in [0.25, 0.3) is 11.9 Å². The van der Waals surface area contributed by atoms with Crippen LogP contribution in [0.2, 0.25) is 0 Å². The number of carbonyl (C=O) groups is 1. The smallest absolute Gasteiger partial charge is 0.270 e. The standard InChI is InChI=1S/C11H14N6O/c1-7-4-5-9(12-2)8(6-7)10(18)13-11-14-16-17(3)15-11/h4-6,12H,1-3H3,(H,13,15,18). The molecule has 2 N–H and O–H groups in total. The second-order valence-electron chi connectivity index (χ2n) is 3.86. The number of aromatic nitrogens is 4. The minimum absolute atomic E-state index is 0.186. The van der Waals surface area contributed by atoms with Crippen molar-refractivity contribution < 1.29 is 4.79 Å². The highest BCUT2D eigenvalue weighted by atomic mass is 16.1. The molecule has 0 fully saturated rings. The number of tetrazole rings is 1. The van der Waals surface area contributed by atoms with E-state index < -0.39 is 0 Å². The molecule has 7 heteroatoms. The third-order valence-electron chi connectivity index (χ3n) is 2.42. The molecule has 7 nitrogen and oxygen atoms in total. The molecular formula is C11H14N6O. The van der Waals surface area contributed by atoms with Gasteiger partial charge in [-0.15, -0.1) is 5.10 Å². The Morgan fingerprint density at radius 3 is 2.78 bits per heavy atom. The lowest BCUT2D eigenvalue weighted by molar-refractivity contribution is 0.102. The molecule has 0 saturated heterocycles. The first kappa shape index (κ1) is 12.0. The van der Waals surface area contributed by atoms with E-state index in [1.54, 1.807) is 20.2 Å². The van der Waals surface area contributed by atoms with Crippen molar-refractivity contribution in [2.45, 2.75) is 6.92 Å². The topological polar surface area (TPSA) is 84.7 Å². The zero-order valence-corrected chi connectivity index (χ0v) is 10.4. The summed E-state index contributed by atoms with van der Waals surface area (Å²) in [5.41, 5.74) is 2.30. The molecule has 0 bridgehead atoms. The van der Waals surface area contributed by atoms with Gasteiger partial charge in [0, 0.05) is 12.7 Å². The van der Waals surface area contributed by atoms with Crippen LogP contribution in [0.5, 0.6) is 0 Å². The Kier molecular flexibility index (Phi) is 3.22. The molecule has 0 unspecified atom stereocenters. The van der Waals surface area contributed by atoms with Crippen molar-refractivity contribution in [2.24, 2.45) is 7.05 Å². The van der Waals surface area contributed by atoms with Gasteiger partial charge in [-0.2, -0.15) is 4.80 Å². The van der Waals surface area contributed by atoms with Crippen molar-refractivity contribution in [3.8, 4) is 0 Å². The fourth-order valence-electron chi connectivity index (χ4n) is 1.57. The van der Waals surface area contributed by atoms with Crippen LogP contribution in [-0.4, -0.2) is 33.2 Å². The fraction of sp³-hybridized carbons (Fsp3) is 0.273. The molecule has 0 radical (unpaired) electrons. The van der Waals surface area contributed by atoms with E-state index in [9.17, 15) is 4.79 Å². The predicted octanol–water partition coefficient (Wildman–Crippen LogP) is 0.813. The maximum Gasteiger partial charge on any atom is 0.270 e. The van der Waals surface area contributed by atoms with E-state index in [0.29, 0.717) is 5.56 Å². The summed E-state index contributed by atoms with van der Waals surface area (Å²) in [6.45, 7) is 1.93. The number of amides is 1. The molecule has 0 spiro atoms. The van der Waals surface area contributed by atoms with Crippen molar-refractivity contribution >= 4 is 17.5 Å². The van der Waals surface area contributed by atoms with Gasteiger partial charge in [-0.1, -0.05) is 16.7 Å². The van der Waals surface area contributed by atoms with Crippen molar-refractivity contribution in [1.82, 2.24) is 20.2 Å². The summed E-state index contributed by atoms with van der Waals surface area (Å²) >= 11 is 0. The lowest BCUT2D eigenvalue weighted by Gasteiger charge is -2.08. The Morgan fingerprint density at radius 2 is 2.17 bits per heavy atom. The summed E-state index contributed by atoms with van der Waals surface area (Å²) in [4.78, 5) is 13.4. The molecule has 18 heavy (non-hydrogen) atoms.